The molecule has 78 valence electrons. The normalized spacial score (nSPS) is 14.0. The van der Waals surface area contributed by atoms with Crippen LogP contribution in [-0.2, 0) is 13.7 Å². The van der Waals surface area contributed by atoms with Crippen LogP contribution >= 0.6 is 23.6 Å². The van der Waals surface area contributed by atoms with Crippen molar-refractivity contribution in [3.8, 4) is 0 Å². The summed E-state index contributed by atoms with van der Waals surface area (Å²) in [5.41, 5.74) is 0. The van der Waals surface area contributed by atoms with Gasteiger partial charge in [-0.05, 0) is 0 Å². The molecule has 8 heteroatoms. The molecule has 0 bridgehead atoms. The minimum atomic E-state index is -3.25. The lowest BCUT2D eigenvalue weighted by atomic mass is 10.4. The zero-order valence-corrected chi connectivity index (χ0v) is 9.45. The van der Waals surface area contributed by atoms with Gasteiger partial charge in [-0.15, -0.1) is 0 Å². The average molecular weight is 245 g/mol. The van der Waals surface area contributed by atoms with Crippen molar-refractivity contribution in [3.63, 3.8) is 0 Å². The number of rotatable bonds is 6. The van der Waals surface area contributed by atoms with Crippen LogP contribution in [0.4, 0.5) is 0 Å². The van der Waals surface area contributed by atoms with Crippen molar-refractivity contribution in [3.05, 3.63) is 0 Å². The molecule has 0 saturated carbocycles. The standard InChI is InChI=1S/C5H11NO4S3/c1-2-13(9,10)12-6-4(3-11)5(7)8/h4,6,11H,2-3H2,1H3,(H,7,8)/t4-/m0/s1. The van der Waals surface area contributed by atoms with Crippen LogP contribution in [-0.4, -0.2) is 37.0 Å². The number of carboxylic acid groups (broad SMARTS) is 1. The second-order valence-corrected chi connectivity index (χ2v) is 6.60. The van der Waals surface area contributed by atoms with Gasteiger partial charge in [0.2, 0.25) is 8.87 Å². The Labute approximate surface area is 86.1 Å². The monoisotopic (exact) mass is 245 g/mol. The van der Waals surface area contributed by atoms with E-state index in [1.54, 1.807) is 0 Å². The molecule has 0 aromatic rings. The van der Waals surface area contributed by atoms with E-state index in [9.17, 15) is 13.2 Å². The molecule has 2 N–H and O–H groups in total. The molecule has 0 amide bonds. The molecule has 5 nitrogen and oxygen atoms in total. The van der Waals surface area contributed by atoms with E-state index in [0.717, 1.165) is 0 Å². The summed E-state index contributed by atoms with van der Waals surface area (Å²) in [6, 6.07) is -0.949. The van der Waals surface area contributed by atoms with Gasteiger partial charge in [0.25, 0.3) is 0 Å². The molecule has 0 aliphatic carbocycles. The van der Waals surface area contributed by atoms with Gasteiger partial charge < -0.3 is 5.11 Å². The summed E-state index contributed by atoms with van der Waals surface area (Å²) in [6.45, 7) is 1.49. The van der Waals surface area contributed by atoms with Crippen molar-refractivity contribution in [1.82, 2.24) is 4.72 Å². The zero-order valence-electron chi connectivity index (χ0n) is 6.93. The quantitative estimate of drug-likeness (QED) is 0.346. The van der Waals surface area contributed by atoms with Crippen LogP contribution < -0.4 is 4.72 Å². The highest BCUT2D eigenvalue weighted by Crippen LogP contribution is 2.09. The summed E-state index contributed by atoms with van der Waals surface area (Å²) < 4.78 is 24.2. The number of carboxylic acids is 1. The smallest absolute Gasteiger partial charge is 0.322 e. The van der Waals surface area contributed by atoms with Crippen LogP contribution in [0.2, 0.25) is 0 Å². The van der Waals surface area contributed by atoms with E-state index in [1.807, 2.05) is 0 Å². The summed E-state index contributed by atoms with van der Waals surface area (Å²) in [6.07, 6.45) is 0. The molecular formula is C5H11NO4S3. The third kappa shape index (κ3) is 5.40. The fraction of sp³-hybridized carbons (Fsp3) is 0.800. The van der Waals surface area contributed by atoms with Crippen LogP contribution in [0.3, 0.4) is 0 Å². The predicted molar refractivity (Wildman–Crippen MR) is 55.5 cm³/mol. The summed E-state index contributed by atoms with van der Waals surface area (Å²) in [5, 5.41) is 8.52. The maximum absolute atomic E-state index is 10.9. The Bertz CT molecular complexity index is 263. The van der Waals surface area contributed by atoms with Crippen molar-refractivity contribution < 1.29 is 18.3 Å². The van der Waals surface area contributed by atoms with E-state index >= 15 is 0 Å². The lowest BCUT2D eigenvalue weighted by Gasteiger charge is -2.09. The van der Waals surface area contributed by atoms with Crippen molar-refractivity contribution in [2.24, 2.45) is 0 Å². The highest BCUT2D eigenvalue weighted by molar-refractivity contribution is 8.71. The lowest BCUT2D eigenvalue weighted by Crippen LogP contribution is -2.34. The summed E-state index contributed by atoms with van der Waals surface area (Å²) >= 11 is 3.76. The van der Waals surface area contributed by atoms with Crippen molar-refractivity contribution in [1.29, 1.82) is 0 Å². The number of thiol groups is 1. The molecular weight excluding hydrogens is 234 g/mol. The third-order valence-electron chi connectivity index (χ3n) is 1.15. The van der Waals surface area contributed by atoms with Gasteiger partial charge in [-0.1, -0.05) is 6.92 Å². The second-order valence-electron chi connectivity index (χ2n) is 2.12. The summed E-state index contributed by atoms with van der Waals surface area (Å²) in [7, 11) is -2.82. The summed E-state index contributed by atoms with van der Waals surface area (Å²) in [5.74, 6) is -1.11. The first kappa shape index (κ1) is 13.1. The Morgan fingerprint density at radius 2 is 2.23 bits per heavy atom. The Kier molecular flexibility index (Phi) is 5.77. The fourth-order valence-electron chi connectivity index (χ4n) is 0.356. The maximum atomic E-state index is 10.9. The molecule has 0 unspecified atom stereocenters. The first-order valence-electron chi connectivity index (χ1n) is 3.43. The third-order valence-corrected chi connectivity index (χ3v) is 4.62. The van der Waals surface area contributed by atoms with E-state index in [0.29, 0.717) is 11.0 Å². The first-order valence-corrected chi connectivity index (χ1v) is 7.05. The van der Waals surface area contributed by atoms with E-state index in [1.165, 1.54) is 6.92 Å². The van der Waals surface area contributed by atoms with Gasteiger partial charge in [-0.25, -0.2) is 13.1 Å². The Morgan fingerprint density at radius 3 is 2.54 bits per heavy atom. The molecule has 0 fully saturated rings. The number of hydrogen-bond donors (Lipinski definition) is 3. The van der Waals surface area contributed by atoms with Crippen LogP contribution in [0.25, 0.3) is 0 Å². The minimum Gasteiger partial charge on any atom is -0.480 e. The van der Waals surface area contributed by atoms with Crippen LogP contribution in [0.1, 0.15) is 6.92 Å². The molecule has 0 aliphatic rings. The van der Waals surface area contributed by atoms with Crippen LogP contribution in [0.15, 0.2) is 0 Å². The van der Waals surface area contributed by atoms with Gasteiger partial charge in [0, 0.05) is 5.75 Å². The molecule has 0 spiro atoms. The summed E-state index contributed by atoms with van der Waals surface area (Å²) in [4.78, 5) is 10.4. The Hall–Kier alpha value is 0.0800. The first-order chi connectivity index (χ1) is 5.93. The zero-order chi connectivity index (χ0) is 10.5. The fourth-order valence-corrected chi connectivity index (χ4v) is 2.43. The minimum absolute atomic E-state index is 0.0381. The van der Waals surface area contributed by atoms with E-state index in [4.69, 9.17) is 5.11 Å². The average Bonchev–Trinajstić information content (AvgIpc) is 2.05. The van der Waals surface area contributed by atoms with Crippen molar-refractivity contribution in [2.75, 3.05) is 11.5 Å². The molecule has 0 heterocycles. The van der Waals surface area contributed by atoms with Crippen LogP contribution in [0, 0.1) is 0 Å². The molecule has 13 heavy (non-hydrogen) atoms. The molecule has 0 radical (unpaired) electrons. The van der Waals surface area contributed by atoms with Gasteiger partial charge >= 0.3 is 5.97 Å². The maximum Gasteiger partial charge on any atom is 0.322 e. The Balaban J connectivity index is 4.07. The molecule has 0 aromatic heterocycles. The van der Waals surface area contributed by atoms with E-state index in [2.05, 4.69) is 17.4 Å². The van der Waals surface area contributed by atoms with Gasteiger partial charge in [0.15, 0.2) is 0 Å². The number of hydrogen-bond acceptors (Lipinski definition) is 6. The van der Waals surface area contributed by atoms with Gasteiger partial charge in [0.05, 0.1) is 16.7 Å². The second kappa shape index (κ2) is 5.74. The van der Waals surface area contributed by atoms with E-state index < -0.39 is 20.9 Å². The number of aliphatic carboxylic acids is 1. The van der Waals surface area contributed by atoms with Gasteiger partial charge in [-0.2, -0.15) is 12.6 Å². The molecule has 0 aromatic carbocycles. The highest BCUT2D eigenvalue weighted by Gasteiger charge is 2.18. The molecule has 0 aliphatic heterocycles. The topological polar surface area (TPSA) is 83.5 Å². The Morgan fingerprint density at radius 1 is 1.69 bits per heavy atom. The van der Waals surface area contributed by atoms with E-state index in [-0.39, 0.29) is 11.5 Å². The van der Waals surface area contributed by atoms with Crippen molar-refractivity contribution in [2.45, 2.75) is 13.0 Å². The largest absolute Gasteiger partial charge is 0.480 e. The molecule has 0 saturated heterocycles. The van der Waals surface area contributed by atoms with Gasteiger partial charge in [-0.3, -0.25) is 4.79 Å². The highest BCUT2D eigenvalue weighted by atomic mass is 33.1. The van der Waals surface area contributed by atoms with Crippen LogP contribution in [0.5, 0.6) is 0 Å². The molecule has 1 atom stereocenters. The predicted octanol–water partition coefficient (Wildman–Crippen LogP) is -0.0431. The SMILES string of the molecule is CCS(=O)(=O)SN[C@@H](CS)C(=O)O. The van der Waals surface area contributed by atoms with Crippen molar-refractivity contribution >= 4 is 38.4 Å². The molecule has 0 rings (SSSR count). The lowest BCUT2D eigenvalue weighted by molar-refractivity contribution is -0.138. The number of nitrogens with one attached hydrogen (secondary N) is 1. The van der Waals surface area contributed by atoms with Gasteiger partial charge in [0.1, 0.15) is 6.04 Å². The number of carbonyl (C=O) groups is 1.